The highest BCUT2D eigenvalue weighted by Gasteiger charge is 2.32. The fourth-order valence-corrected chi connectivity index (χ4v) is 21.5. The molecule has 2 aromatic heterocycles. The molecule has 0 spiro atoms. The zero-order chi connectivity index (χ0) is 74.4. The van der Waals surface area contributed by atoms with Gasteiger partial charge in [0.1, 0.15) is 0 Å². The summed E-state index contributed by atoms with van der Waals surface area (Å²) in [5.41, 5.74) is 19.5. The first-order valence-corrected chi connectivity index (χ1v) is 39.2. The van der Waals surface area contributed by atoms with Gasteiger partial charge in [-0.2, -0.15) is 10.5 Å². The van der Waals surface area contributed by atoms with E-state index in [1.807, 2.05) is 18.2 Å². The predicted octanol–water partition coefficient (Wildman–Crippen LogP) is 29.9. The van der Waals surface area contributed by atoms with E-state index in [-0.39, 0.29) is 0 Å². The van der Waals surface area contributed by atoms with E-state index in [1.54, 1.807) is 0 Å². The average Bonchev–Trinajstić information content (AvgIpc) is 1.50. The minimum atomic E-state index is 0.616. The molecule has 24 aromatic carbocycles. The van der Waals surface area contributed by atoms with Crippen molar-refractivity contribution in [2.24, 2.45) is 0 Å². The van der Waals surface area contributed by atoms with Crippen LogP contribution in [0.2, 0.25) is 0 Å². The number of rotatable bonds is 7. The van der Waals surface area contributed by atoms with E-state index < -0.39 is 0 Å². The molecule has 0 aliphatic rings. The van der Waals surface area contributed by atoms with Crippen molar-refractivity contribution in [2.45, 2.75) is 0 Å². The monoisotopic (exact) mass is 1430 g/mol. The van der Waals surface area contributed by atoms with Crippen molar-refractivity contribution in [3.05, 3.63) is 363 Å². The molecule has 0 saturated heterocycles. The van der Waals surface area contributed by atoms with Gasteiger partial charge in [0.15, 0.2) is 0 Å². The summed E-state index contributed by atoms with van der Waals surface area (Å²) >= 11 is 0. The quantitative estimate of drug-likeness (QED) is 0.149. The van der Waals surface area contributed by atoms with Crippen LogP contribution < -0.4 is 0 Å². The van der Waals surface area contributed by atoms with Gasteiger partial charge in [0, 0.05) is 32.9 Å². The molecule has 26 rings (SSSR count). The third-order valence-electron chi connectivity index (χ3n) is 25.8. The molecule has 518 valence electrons. The molecule has 0 bridgehead atoms. The third kappa shape index (κ3) is 7.97. The highest BCUT2D eigenvalue weighted by molar-refractivity contribution is 6.49. The molecule has 0 fully saturated rings. The topological polar surface area (TPSA) is 57.4 Å². The lowest BCUT2D eigenvalue weighted by molar-refractivity contribution is 1.18. The van der Waals surface area contributed by atoms with Crippen molar-refractivity contribution in [2.75, 3.05) is 0 Å². The van der Waals surface area contributed by atoms with E-state index in [0.29, 0.717) is 11.1 Å². The lowest BCUT2D eigenvalue weighted by atomic mass is 9.84. The number of benzene rings is 20. The van der Waals surface area contributed by atoms with Crippen LogP contribution in [0.5, 0.6) is 0 Å². The molecule has 26 aromatic rings. The van der Waals surface area contributed by atoms with Gasteiger partial charge in [-0.05, 0) is 291 Å². The maximum Gasteiger partial charge on any atom is 0.0992 e. The summed E-state index contributed by atoms with van der Waals surface area (Å²) in [6, 6.07) is 136. The van der Waals surface area contributed by atoms with Crippen LogP contribution in [-0.4, -0.2) is 9.13 Å². The summed E-state index contributed by atoms with van der Waals surface area (Å²) in [6.07, 6.45) is 0. The molecule has 4 nitrogen and oxygen atoms in total. The Hall–Kier alpha value is -15.5. The first-order valence-electron chi connectivity index (χ1n) is 39.2. The Balaban J connectivity index is 0.744. The summed E-state index contributed by atoms with van der Waals surface area (Å²) in [5, 5.41) is 60.2. The van der Waals surface area contributed by atoms with Crippen LogP contribution in [0.1, 0.15) is 11.1 Å². The highest BCUT2D eigenvalue weighted by Crippen LogP contribution is 2.60. The summed E-state index contributed by atoms with van der Waals surface area (Å²) in [4.78, 5) is 0. The summed E-state index contributed by atoms with van der Waals surface area (Å²) < 4.78 is 4.85. The van der Waals surface area contributed by atoms with Gasteiger partial charge >= 0.3 is 0 Å². The first-order chi connectivity index (χ1) is 56.5. The van der Waals surface area contributed by atoms with Crippen LogP contribution in [-0.2, 0) is 0 Å². The van der Waals surface area contributed by atoms with Crippen molar-refractivity contribution in [3.63, 3.8) is 0 Å². The summed E-state index contributed by atoms with van der Waals surface area (Å²) in [7, 11) is 0. The van der Waals surface area contributed by atoms with Crippen LogP contribution in [0.4, 0.5) is 0 Å². The molecular weight excluding hydrogens is 1380 g/mol. The predicted molar refractivity (Wildman–Crippen MR) is 482 cm³/mol. The fourth-order valence-electron chi connectivity index (χ4n) is 21.5. The Bertz CT molecular complexity index is 8810. The second-order valence-corrected chi connectivity index (χ2v) is 31.3. The standard InChI is InChI=1S/C110H58N4/c111-59-61-42-47-70(48-43-61)114-92-54-68(46-51-77(92)104-79-37-21-41-83-102(79)90(58-94(104)114)110-95(63-22-6-1-7-23-63)87-55-85-72-33-17-16-32-71(72)74-34-18-38-80(99(74)85)105(87)97(107(83)110)65-26-10-3-11-27-65)67-45-50-73-84(53-67)75-35-19-39-81-100(75)86(73)56-88-96(64-24-8-2-9-25-64)109-89-57-93-103(76-49-44-62(60-112)52-91(76)113(93)69-30-14-5-15-31-69)78-36-20-40-82(101(78)89)108(109)98(106(81)88)66-28-12-4-13-29-66/h1-58H. The van der Waals surface area contributed by atoms with Gasteiger partial charge in [-0.1, -0.05) is 267 Å². The van der Waals surface area contributed by atoms with Gasteiger partial charge in [0.2, 0.25) is 0 Å². The minimum Gasteiger partial charge on any atom is -0.309 e. The Labute approximate surface area is 651 Å². The molecule has 0 aliphatic heterocycles. The molecule has 0 aliphatic carbocycles. The van der Waals surface area contributed by atoms with Gasteiger partial charge < -0.3 is 9.13 Å². The fraction of sp³-hybridized carbons (Fsp3) is 0. The molecule has 114 heavy (non-hydrogen) atoms. The normalized spacial score (nSPS) is 12.4. The molecule has 0 amide bonds. The number of para-hydroxylation sites is 1. The Kier molecular flexibility index (Phi) is 12.2. The number of hydrogen-bond donors (Lipinski definition) is 0. The van der Waals surface area contributed by atoms with E-state index in [0.717, 1.165) is 60.9 Å². The van der Waals surface area contributed by atoms with Gasteiger partial charge in [0.05, 0.1) is 45.3 Å². The highest BCUT2D eigenvalue weighted by atomic mass is 15.0. The maximum absolute atomic E-state index is 10.4. The minimum absolute atomic E-state index is 0.616. The summed E-state index contributed by atoms with van der Waals surface area (Å²) in [5.74, 6) is 0. The lowest BCUT2D eigenvalue weighted by Crippen LogP contribution is -1.94. The molecule has 0 N–H and O–H groups in total. The van der Waals surface area contributed by atoms with E-state index >= 15 is 0 Å². The van der Waals surface area contributed by atoms with Crippen molar-refractivity contribution in [3.8, 4) is 79.1 Å². The number of fused-ring (bicyclic) bond motifs is 24. The largest absolute Gasteiger partial charge is 0.309 e. The molecule has 0 radical (unpaired) electrons. The van der Waals surface area contributed by atoms with Crippen molar-refractivity contribution in [1.29, 1.82) is 10.5 Å². The van der Waals surface area contributed by atoms with Gasteiger partial charge in [-0.25, -0.2) is 0 Å². The Morgan fingerprint density at radius 2 is 0.491 bits per heavy atom. The van der Waals surface area contributed by atoms with Gasteiger partial charge in [-0.15, -0.1) is 0 Å². The molecule has 0 unspecified atom stereocenters. The van der Waals surface area contributed by atoms with Crippen molar-refractivity contribution < 1.29 is 0 Å². The number of aromatic nitrogens is 2. The summed E-state index contributed by atoms with van der Waals surface area (Å²) in [6.45, 7) is 0. The van der Waals surface area contributed by atoms with Crippen molar-refractivity contribution in [1.82, 2.24) is 9.13 Å². The smallest absolute Gasteiger partial charge is 0.0992 e. The van der Waals surface area contributed by atoms with Crippen LogP contribution in [0, 0.1) is 22.7 Å². The van der Waals surface area contributed by atoms with E-state index in [1.165, 1.54) is 201 Å². The second-order valence-electron chi connectivity index (χ2n) is 31.3. The third-order valence-corrected chi connectivity index (χ3v) is 25.8. The van der Waals surface area contributed by atoms with Crippen LogP contribution in [0.25, 0.3) is 261 Å². The van der Waals surface area contributed by atoms with Crippen LogP contribution in [0.15, 0.2) is 352 Å². The van der Waals surface area contributed by atoms with E-state index in [4.69, 9.17) is 0 Å². The average molecular weight is 1440 g/mol. The number of nitrogens with zero attached hydrogens (tertiary/aromatic N) is 4. The maximum atomic E-state index is 10.4. The zero-order valence-corrected chi connectivity index (χ0v) is 61.3. The van der Waals surface area contributed by atoms with Crippen LogP contribution in [0.3, 0.4) is 0 Å². The van der Waals surface area contributed by atoms with E-state index in [2.05, 4.69) is 355 Å². The Morgan fingerprint density at radius 3 is 0.974 bits per heavy atom. The lowest BCUT2D eigenvalue weighted by Gasteiger charge is -2.19. The molecule has 0 atom stereocenters. The molecule has 0 saturated carbocycles. The van der Waals surface area contributed by atoms with Crippen LogP contribution >= 0.6 is 0 Å². The molecular formula is C110H58N4. The number of nitriles is 2. The second kappa shape index (κ2) is 22.6. The number of hydrogen-bond acceptors (Lipinski definition) is 2. The first kappa shape index (κ1) is 61.4. The van der Waals surface area contributed by atoms with Gasteiger partial charge in [-0.3, -0.25) is 0 Å². The molecule has 4 heteroatoms. The van der Waals surface area contributed by atoms with E-state index in [9.17, 15) is 10.5 Å². The SMILES string of the molecule is N#Cc1ccc(-n2c3cc(-c4ccc5c(c4)c4cccc6c7c(-c8ccccc8)c8c9cccc%10c9c(cc9c%10c%10ccc(C#N)cc%10n9-c9ccccc9)c8c(-c8ccccc8)c7cc5c46)ccc3c3c4cccc5c6c(-c7ccccc7)c7c(cc8c9ccccc9c9cccc7c98)c(-c7ccccc7)c6c(cc32)c54)cc1. The zero-order valence-electron chi connectivity index (χ0n) is 61.3. The Morgan fingerprint density at radius 1 is 0.158 bits per heavy atom. The molecule has 2 heterocycles. The van der Waals surface area contributed by atoms with Crippen molar-refractivity contribution >= 4 is 194 Å². The van der Waals surface area contributed by atoms with Gasteiger partial charge in [0.25, 0.3) is 0 Å².